The minimum Gasteiger partial charge on any atom is -0.378 e. The minimum atomic E-state index is -0.259. The first-order valence-electron chi connectivity index (χ1n) is 7.80. The van der Waals surface area contributed by atoms with E-state index in [1.807, 2.05) is 12.1 Å². The van der Waals surface area contributed by atoms with E-state index in [2.05, 4.69) is 4.98 Å². The van der Waals surface area contributed by atoms with E-state index in [9.17, 15) is 9.59 Å². The highest BCUT2D eigenvalue weighted by molar-refractivity contribution is 7.12. The van der Waals surface area contributed by atoms with Gasteiger partial charge in [-0.1, -0.05) is 17.7 Å². The Labute approximate surface area is 155 Å². The number of methoxy groups -OCH3 is 1. The SMILES string of the molecule is CO[C@H]1CN(Cc2cccnc2)C(=O)CN(C(=O)c2sccc2Cl)C1. The molecule has 0 saturated carbocycles. The van der Waals surface area contributed by atoms with Gasteiger partial charge in [-0.2, -0.15) is 0 Å². The molecule has 2 amide bonds. The molecule has 1 aliphatic heterocycles. The molecule has 6 nitrogen and oxygen atoms in total. The predicted molar refractivity (Wildman–Crippen MR) is 95.7 cm³/mol. The normalized spacial score (nSPS) is 18.3. The van der Waals surface area contributed by atoms with Crippen LogP contribution in [0.3, 0.4) is 0 Å². The fraction of sp³-hybridized carbons (Fsp3) is 0.353. The van der Waals surface area contributed by atoms with Gasteiger partial charge in [-0.25, -0.2) is 0 Å². The van der Waals surface area contributed by atoms with Crippen molar-refractivity contribution in [3.8, 4) is 0 Å². The number of aromatic nitrogens is 1. The summed E-state index contributed by atoms with van der Waals surface area (Å²) < 4.78 is 5.48. The highest BCUT2D eigenvalue weighted by Crippen LogP contribution is 2.24. The second-order valence-electron chi connectivity index (χ2n) is 5.78. The predicted octanol–water partition coefficient (Wildman–Crippen LogP) is 2.30. The quantitative estimate of drug-likeness (QED) is 0.817. The van der Waals surface area contributed by atoms with Crippen LogP contribution < -0.4 is 0 Å². The van der Waals surface area contributed by atoms with E-state index >= 15 is 0 Å². The summed E-state index contributed by atoms with van der Waals surface area (Å²) in [6, 6.07) is 5.43. The number of halogens is 1. The van der Waals surface area contributed by atoms with Gasteiger partial charge in [0.15, 0.2) is 0 Å². The topological polar surface area (TPSA) is 62.7 Å². The highest BCUT2D eigenvalue weighted by atomic mass is 35.5. The number of carbonyl (C=O) groups excluding carboxylic acids is 2. The minimum absolute atomic E-state index is 0.00713. The summed E-state index contributed by atoms with van der Waals surface area (Å²) in [5.74, 6) is -0.358. The van der Waals surface area contributed by atoms with Crippen LogP contribution in [0.2, 0.25) is 5.02 Å². The maximum atomic E-state index is 12.7. The van der Waals surface area contributed by atoms with E-state index in [0.29, 0.717) is 29.5 Å². The average Bonchev–Trinajstić information content (AvgIpc) is 2.98. The van der Waals surface area contributed by atoms with E-state index in [-0.39, 0.29) is 24.5 Å². The molecule has 1 aliphatic rings. The van der Waals surface area contributed by atoms with Gasteiger partial charge in [0.1, 0.15) is 11.4 Å². The van der Waals surface area contributed by atoms with Gasteiger partial charge in [0.25, 0.3) is 5.91 Å². The monoisotopic (exact) mass is 379 g/mol. The second kappa shape index (κ2) is 7.95. The van der Waals surface area contributed by atoms with Crippen LogP contribution in [0.25, 0.3) is 0 Å². The lowest BCUT2D eigenvalue weighted by atomic mass is 10.2. The average molecular weight is 380 g/mol. The Morgan fingerprint density at radius 2 is 2.28 bits per heavy atom. The van der Waals surface area contributed by atoms with Gasteiger partial charge in [0.2, 0.25) is 5.91 Å². The number of rotatable bonds is 4. The summed E-state index contributed by atoms with van der Waals surface area (Å²) in [6.07, 6.45) is 3.16. The molecular formula is C17H18ClN3O3S. The van der Waals surface area contributed by atoms with Gasteiger partial charge >= 0.3 is 0 Å². The van der Waals surface area contributed by atoms with Crippen LogP contribution in [0.1, 0.15) is 15.2 Å². The molecule has 2 aromatic heterocycles. The number of carbonyl (C=O) groups is 2. The number of hydrogen-bond donors (Lipinski definition) is 0. The lowest BCUT2D eigenvalue weighted by molar-refractivity contribution is -0.132. The summed E-state index contributed by atoms with van der Waals surface area (Å²) in [4.78, 5) is 33.1. The zero-order valence-electron chi connectivity index (χ0n) is 13.7. The zero-order chi connectivity index (χ0) is 17.8. The van der Waals surface area contributed by atoms with Gasteiger partial charge in [-0.05, 0) is 23.1 Å². The molecule has 0 unspecified atom stereocenters. The van der Waals surface area contributed by atoms with Gasteiger partial charge < -0.3 is 14.5 Å². The van der Waals surface area contributed by atoms with Gasteiger partial charge in [0, 0.05) is 39.1 Å². The largest absolute Gasteiger partial charge is 0.378 e. The molecule has 0 bridgehead atoms. The Bertz CT molecular complexity index is 753. The summed E-state index contributed by atoms with van der Waals surface area (Å²) >= 11 is 7.34. The number of ether oxygens (including phenoxy) is 1. The van der Waals surface area contributed by atoms with E-state index in [1.165, 1.54) is 16.2 Å². The van der Waals surface area contributed by atoms with Crippen molar-refractivity contribution in [1.29, 1.82) is 0 Å². The number of nitrogens with zero attached hydrogens (tertiary/aromatic N) is 3. The first kappa shape index (κ1) is 17.8. The Hall–Kier alpha value is -1.96. The molecule has 0 N–H and O–H groups in total. The lowest BCUT2D eigenvalue weighted by Gasteiger charge is -2.23. The van der Waals surface area contributed by atoms with E-state index in [0.717, 1.165) is 5.56 Å². The van der Waals surface area contributed by atoms with Gasteiger partial charge in [-0.15, -0.1) is 11.3 Å². The van der Waals surface area contributed by atoms with E-state index < -0.39 is 0 Å². The molecule has 0 radical (unpaired) electrons. The fourth-order valence-corrected chi connectivity index (χ4v) is 3.84. The molecule has 0 aliphatic carbocycles. The molecule has 25 heavy (non-hydrogen) atoms. The van der Waals surface area contributed by atoms with Crippen LogP contribution in [0.15, 0.2) is 36.0 Å². The summed E-state index contributed by atoms with van der Waals surface area (Å²) in [7, 11) is 1.59. The number of pyridine rings is 1. The summed E-state index contributed by atoms with van der Waals surface area (Å²) in [5.41, 5.74) is 0.937. The van der Waals surface area contributed by atoms with Crippen molar-refractivity contribution in [2.45, 2.75) is 12.6 Å². The Morgan fingerprint density at radius 1 is 1.44 bits per heavy atom. The van der Waals surface area contributed by atoms with Crippen LogP contribution in [0.5, 0.6) is 0 Å². The Kier molecular flexibility index (Phi) is 5.67. The smallest absolute Gasteiger partial charge is 0.266 e. The molecular weight excluding hydrogens is 362 g/mol. The van der Waals surface area contributed by atoms with Gasteiger partial charge in [0.05, 0.1) is 11.1 Å². The third kappa shape index (κ3) is 4.18. The van der Waals surface area contributed by atoms with Crippen molar-refractivity contribution in [3.05, 3.63) is 51.4 Å². The van der Waals surface area contributed by atoms with Crippen molar-refractivity contribution >= 4 is 34.8 Å². The molecule has 2 aromatic rings. The standard InChI is InChI=1S/C17H18ClN3O3S/c1-24-13-9-20(8-12-3-2-5-19-7-12)15(22)11-21(10-13)17(23)16-14(18)4-6-25-16/h2-7,13H,8-11H2,1H3/t13-/m0/s1. The summed E-state index contributed by atoms with van der Waals surface area (Å²) in [6.45, 7) is 1.21. The highest BCUT2D eigenvalue weighted by Gasteiger charge is 2.31. The van der Waals surface area contributed by atoms with Crippen molar-refractivity contribution in [2.24, 2.45) is 0 Å². The van der Waals surface area contributed by atoms with E-state index in [1.54, 1.807) is 35.8 Å². The Morgan fingerprint density at radius 3 is 2.92 bits per heavy atom. The lowest BCUT2D eigenvalue weighted by Crippen LogP contribution is -2.39. The number of thiophene rings is 1. The first-order chi connectivity index (χ1) is 12.1. The first-order valence-corrected chi connectivity index (χ1v) is 9.06. The molecule has 1 fully saturated rings. The Balaban J connectivity index is 1.78. The molecule has 132 valence electrons. The zero-order valence-corrected chi connectivity index (χ0v) is 15.3. The van der Waals surface area contributed by atoms with Crippen LogP contribution in [-0.4, -0.2) is 59.4 Å². The third-order valence-corrected chi connectivity index (χ3v) is 5.38. The molecule has 1 saturated heterocycles. The maximum Gasteiger partial charge on any atom is 0.266 e. The third-order valence-electron chi connectivity index (χ3n) is 4.06. The number of hydrogen-bond acceptors (Lipinski definition) is 5. The van der Waals surface area contributed by atoms with E-state index in [4.69, 9.17) is 16.3 Å². The van der Waals surface area contributed by atoms with Crippen LogP contribution in [0, 0.1) is 0 Å². The van der Waals surface area contributed by atoms with Crippen LogP contribution in [-0.2, 0) is 16.1 Å². The molecule has 1 atom stereocenters. The maximum absolute atomic E-state index is 12.7. The van der Waals surface area contributed by atoms with Crippen molar-refractivity contribution in [2.75, 3.05) is 26.7 Å². The van der Waals surface area contributed by atoms with Crippen LogP contribution >= 0.6 is 22.9 Å². The molecule has 0 aromatic carbocycles. The molecule has 8 heteroatoms. The van der Waals surface area contributed by atoms with Crippen LogP contribution in [0.4, 0.5) is 0 Å². The molecule has 0 spiro atoms. The molecule has 3 rings (SSSR count). The van der Waals surface area contributed by atoms with Crippen molar-refractivity contribution in [1.82, 2.24) is 14.8 Å². The molecule has 3 heterocycles. The van der Waals surface area contributed by atoms with Crippen molar-refractivity contribution in [3.63, 3.8) is 0 Å². The van der Waals surface area contributed by atoms with Crippen molar-refractivity contribution < 1.29 is 14.3 Å². The second-order valence-corrected chi connectivity index (χ2v) is 7.10. The summed E-state index contributed by atoms with van der Waals surface area (Å²) in [5, 5.41) is 2.17. The number of amides is 2. The fourth-order valence-electron chi connectivity index (χ4n) is 2.74. The van der Waals surface area contributed by atoms with Gasteiger partial charge in [-0.3, -0.25) is 14.6 Å².